The summed E-state index contributed by atoms with van der Waals surface area (Å²) in [5.74, 6) is 2.74. The third kappa shape index (κ3) is 2.26. The molecule has 0 unspecified atom stereocenters. The van der Waals surface area contributed by atoms with Gasteiger partial charge in [0, 0.05) is 17.5 Å². The van der Waals surface area contributed by atoms with E-state index in [2.05, 4.69) is 5.43 Å². The molecule has 6 heteroatoms. The first-order valence-electron chi connectivity index (χ1n) is 8.86. The Kier molecular flexibility index (Phi) is 3.21. The summed E-state index contributed by atoms with van der Waals surface area (Å²) < 4.78 is 0. The van der Waals surface area contributed by atoms with Gasteiger partial charge in [0.05, 0.1) is 4.92 Å². The molecular formula is C18H21N3O2S. The second kappa shape index (κ2) is 5.22. The second-order valence-corrected chi connectivity index (χ2v) is 9.18. The Morgan fingerprint density at radius 2 is 1.67 bits per heavy atom. The van der Waals surface area contributed by atoms with Crippen molar-refractivity contribution in [2.45, 2.75) is 43.9 Å². The Balaban J connectivity index is 1.34. The highest BCUT2D eigenvalue weighted by Gasteiger charge is 2.54. The highest BCUT2D eigenvalue weighted by atomic mass is 32.2. The van der Waals surface area contributed by atoms with Gasteiger partial charge in [-0.3, -0.25) is 15.5 Å². The van der Waals surface area contributed by atoms with Crippen molar-refractivity contribution in [1.82, 2.24) is 5.43 Å². The van der Waals surface area contributed by atoms with Gasteiger partial charge in [0.2, 0.25) is 0 Å². The Morgan fingerprint density at radius 1 is 1.08 bits per heavy atom. The normalized spacial score (nSPS) is 39.6. The Labute approximate surface area is 145 Å². The minimum absolute atomic E-state index is 0.0915. The molecule has 5 aliphatic rings. The van der Waals surface area contributed by atoms with Gasteiger partial charge in [-0.1, -0.05) is 11.8 Å². The van der Waals surface area contributed by atoms with E-state index >= 15 is 0 Å². The molecule has 5 nitrogen and oxygen atoms in total. The Morgan fingerprint density at radius 3 is 2.21 bits per heavy atom. The fourth-order valence-electron chi connectivity index (χ4n) is 5.81. The van der Waals surface area contributed by atoms with Gasteiger partial charge in [-0.05, 0) is 74.0 Å². The van der Waals surface area contributed by atoms with Crippen molar-refractivity contribution >= 4 is 22.5 Å². The molecule has 126 valence electrons. The third-order valence-electron chi connectivity index (χ3n) is 6.41. The van der Waals surface area contributed by atoms with Crippen LogP contribution in [0.15, 0.2) is 29.4 Å². The van der Waals surface area contributed by atoms with Crippen molar-refractivity contribution in [2.75, 3.05) is 0 Å². The number of nitro benzene ring substituents is 1. The summed E-state index contributed by atoms with van der Waals surface area (Å²) in [7, 11) is 0. The fourth-order valence-corrected chi connectivity index (χ4v) is 7.04. The van der Waals surface area contributed by atoms with Crippen molar-refractivity contribution in [2.24, 2.45) is 28.3 Å². The summed E-state index contributed by atoms with van der Waals surface area (Å²) in [5.41, 5.74) is 4.81. The zero-order valence-electron chi connectivity index (χ0n) is 13.5. The quantitative estimate of drug-likeness (QED) is 0.650. The highest BCUT2D eigenvalue weighted by Crippen LogP contribution is 2.62. The summed E-state index contributed by atoms with van der Waals surface area (Å²) in [6.45, 7) is 0. The zero-order valence-corrected chi connectivity index (χ0v) is 14.3. The van der Waals surface area contributed by atoms with Crippen LogP contribution < -0.4 is 5.43 Å². The molecular weight excluding hydrogens is 322 g/mol. The minimum Gasteiger partial charge on any atom is -0.291 e. The van der Waals surface area contributed by atoms with E-state index in [4.69, 9.17) is 5.10 Å². The van der Waals surface area contributed by atoms with E-state index in [9.17, 15) is 10.1 Å². The first kappa shape index (κ1) is 14.8. The maximum Gasteiger partial charge on any atom is 0.269 e. The van der Waals surface area contributed by atoms with Gasteiger partial charge < -0.3 is 0 Å². The maximum atomic E-state index is 10.8. The Hall–Kier alpha value is -1.56. The van der Waals surface area contributed by atoms with Crippen LogP contribution in [-0.2, 0) is 0 Å². The highest BCUT2D eigenvalue weighted by molar-refractivity contribution is 8.14. The largest absolute Gasteiger partial charge is 0.291 e. The molecule has 24 heavy (non-hydrogen) atoms. The van der Waals surface area contributed by atoms with Crippen LogP contribution >= 0.6 is 11.8 Å². The third-order valence-corrected chi connectivity index (χ3v) is 7.77. The zero-order chi connectivity index (χ0) is 16.3. The van der Waals surface area contributed by atoms with Crippen LogP contribution in [0.3, 0.4) is 0 Å². The van der Waals surface area contributed by atoms with Crippen molar-refractivity contribution < 1.29 is 4.92 Å². The maximum absolute atomic E-state index is 10.8. The van der Waals surface area contributed by atoms with Crippen LogP contribution in [0, 0.1) is 33.3 Å². The molecule has 6 rings (SSSR count). The molecule has 0 aromatic heterocycles. The summed E-state index contributed by atoms with van der Waals surface area (Å²) in [6, 6.07) is 6.86. The minimum atomic E-state index is -0.351. The molecule has 0 spiro atoms. The van der Waals surface area contributed by atoms with E-state index in [1.807, 2.05) is 23.9 Å². The summed E-state index contributed by atoms with van der Waals surface area (Å²) >= 11 is 1.84. The number of hydrogen-bond acceptors (Lipinski definition) is 5. The molecule has 1 aliphatic heterocycles. The van der Waals surface area contributed by atoms with Gasteiger partial charge in [0.1, 0.15) is 10.4 Å². The van der Waals surface area contributed by atoms with Crippen LogP contribution in [-0.4, -0.2) is 9.97 Å². The number of thioether (sulfide) groups is 1. The summed E-state index contributed by atoms with van der Waals surface area (Å²) in [6.07, 6.45) is 8.28. The molecule has 1 aromatic carbocycles. The molecule has 0 saturated heterocycles. The summed E-state index contributed by atoms with van der Waals surface area (Å²) in [4.78, 5) is 10.5. The molecule has 1 atom stereocenters. The van der Waals surface area contributed by atoms with Gasteiger partial charge in [0.25, 0.3) is 5.69 Å². The lowest BCUT2D eigenvalue weighted by Gasteiger charge is -2.56. The van der Waals surface area contributed by atoms with Gasteiger partial charge in [-0.25, -0.2) is 0 Å². The molecule has 0 amide bonds. The molecule has 4 saturated carbocycles. The predicted molar refractivity (Wildman–Crippen MR) is 94.6 cm³/mol. The number of benzene rings is 1. The average Bonchev–Trinajstić information content (AvgIpc) is 3.04. The number of nitrogens with one attached hydrogen (secondary N) is 1. The molecule has 1 heterocycles. The smallest absolute Gasteiger partial charge is 0.269 e. The monoisotopic (exact) mass is 343 g/mol. The van der Waals surface area contributed by atoms with E-state index in [1.54, 1.807) is 12.1 Å². The van der Waals surface area contributed by atoms with Crippen molar-refractivity contribution in [1.29, 1.82) is 0 Å². The lowest BCUT2D eigenvalue weighted by molar-refractivity contribution is -0.384. The fraction of sp³-hybridized carbons (Fsp3) is 0.611. The number of hydrazone groups is 1. The molecule has 1 aromatic rings. The van der Waals surface area contributed by atoms with Crippen LogP contribution in [0.4, 0.5) is 5.69 Å². The van der Waals surface area contributed by atoms with Crippen LogP contribution in [0.5, 0.6) is 0 Å². The SMILES string of the molecule is O=[N+]([O-])c1ccc([C@@H]2NN=C(C34CC5CC(CC(C5)C3)C4)S2)cc1. The number of nitro groups is 1. The van der Waals surface area contributed by atoms with Gasteiger partial charge in [-0.2, -0.15) is 5.10 Å². The van der Waals surface area contributed by atoms with Crippen molar-refractivity contribution in [3.05, 3.63) is 39.9 Å². The number of hydrogen-bond donors (Lipinski definition) is 1. The van der Waals surface area contributed by atoms with E-state index in [-0.39, 0.29) is 16.0 Å². The van der Waals surface area contributed by atoms with E-state index < -0.39 is 0 Å². The topological polar surface area (TPSA) is 67.5 Å². The average molecular weight is 343 g/mol. The van der Waals surface area contributed by atoms with Gasteiger partial charge in [-0.15, -0.1) is 0 Å². The first-order valence-corrected chi connectivity index (χ1v) is 9.74. The lowest BCUT2D eigenvalue weighted by Crippen LogP contribution is -2.49. The van der Waals surface area contributed by atoms with Crippen LogP contribution in [0.2, 0.25) is 0 Å². The van der Waals surface area contributed by atoms with Crippen molar-refractivity contribution in [3.63, 3.8) is 0 Å². The second-order valence-electron chi connectivity index (χ2n) is 8.09. The molecule has 4 aliphatic carbocycles. The first-order chi connectivity index (χ1) is 11.6. The van der Waals surface area contributed by atoms with Crippen molar-refractivity contribution in [3.8, 4) is 0 Å². The predicted octanol–water partition coefficient (Wildman–Crippen LogP) is 4.46. The van der Waals surface area contributed by atoms with E-state index in [0.29, 0.717) is 5.41 Å². The summed E-state index contributed by atoms with van der Waals surface area (Å²) in [5, 5.41) is 16.9. The van der Waals surface area contributed by atoms with Crippen LogP contribution in [0.25, 0.3) is 0 Å². The van der Waals surface area contributed by atoms with Gasteiger partial charge >= 0.3 is 0 Å². The Bertz CT molecular complexity index is 680. The van der Waals surface area contributed by atoms with E-state index in [1.165, 1.54) is 43.6 Å². The standard InChI is InChI=1S/C18H21N3O2S/c22-21(23)15-3-1-14(2-4-15)16-19-20-17(24-16)18-8-11-5-12(9-18)7-13(6-11)10-18/h1-4,11-13,16,19H,5-10H2/t11?,12?,13?,16-,18?/m1/s1. The molecule has 4 bridgehead atoms. The van der Waals surface area contributed by atoms with Crippen LogP contribution in [0.1, 0.15) is 49.5 Å². The van der Waals surface area contributed by atoms with Gasteiger partial charge in [0.15, 0.2) is 0 Å². The number of non-ortho nitro benzene ring substituents is 1. The number of rotatable bonds is 3. The molecule has 0 radical (unpaired) electrons. The lowest BCUT2D eigenvalue weighted by atomic mass is 9.50. The molecule has 1 N–H and O–H groups in total. The molecule has 4 fully saturated rings. The van der Waals surface area contributed by atoms with E-state index in [0.717, 1.165) is 23.3 Å². The number of nitrogens with zero attached hydrogens (tertiary/aromatic N) is 2.